The van der Waals surface area contributed by atoms with Crippen LogP contribution in [0.2, 0.25) is 0 Å². The maximum Gasteiger partial charge on any atom is 0.270 e. The van der Waals surface area contributed by atoms with Gasteiger partial charge >= 0.3 is 0 Å². The number of imidazole rings is 1. The first kappa shape index (κ1) is 17.8. The number of aryl methyl sites for hydroxylation is 1. The average molecular weight is 361 g/mol. The molecule has 0 amide bonds. The number of nitro benzene ring substituents is 1. The van der Waals surface area contributed by atoms with Gasteiger partial charge in [0.1, 0.15) is 17.4 Å². The lowest BCUT2D eigenvalue weighted by molar-refractivity contribution is -0.384. The van der Waals surface area contributed by atoms with Gasteiger partial charge in [-0.05, 0) is 17.7 Å². The van der Waals surface area contributed by atoms with E-state index in [1.165, 1.54) is 18.3 Å². The number of fused-ring (bicyclic) bond motifs is 1. The predicted octanol–water partition coefficient (Wildman–Crippen LogP) is 3.39. The van der Waals surface area contributed by atoms with E-state index >= 15 is 0 Å². The van der Waals surface area contributed by atoms with Crippen LogP contribution in [0.1, 0.15) is 11.4 Å². The van der Waals surface area contributed by atoms with Crippen LogP contribution in [0.4, 0.5) is 5.69 Å². The van der Waals surface area contributed by atoms with Gasteiger partial charge in [-0.3, -0.25) is 15.1 Å². The summed E-state index contributed by atoms with van der Waals surface area (Å²) in [6, 6.07) is 15.4. The molecule has 0 radical (unpaired) electrons. The molecule has 2 aromatic carbocycles. The van der Waals surface area contributed by atoms with Gasteiger partial charge in [-0.2, -0.15) is 5.26 Å². The first-order chi connectivity index (χ1) is 13.0. The maximum absolute atomic E-state index is 10.8. The molecule has 134 valence electrons. The lowest BCUT2D eigenvalue weighted by Gasteiger charge is -2.03. The molecule has 0 aliphatic heterocycles. The largest absolute Gasteiger partial charge is 0.509 e. The second-order valence-electron chi connectivity index (χ2n) is 5.74. The van der Waals surface area contributed by atoms with E-state index in [-0.39, 0.29) is 23.6 Å². The van der Waals surface area contributed by atoms with Crippen LogP contribution in [0.3, 0.4) is 0 Å². The summed E-state index contributed by atoms with van der Waals surface area (Å²) in [4.78, 5) is 18.8. The van der Waals surface area contributed by atoms with Crippen molar-refractivity contribution in [2.45, 2.75) is 0 Å². The molecule has 3 aromatic rings. The molecule has 3 rings (SSSR count). The number of nitro groups is 1. The summed E-state index contributed by atoms with van der Waals surface area (Å²) in [6.07, 6.45) is 1.41. The minimum atomic E-state index is -0.492. The van der Waals surface area contributed by atoms with E-state index in [4.69, 9.17) is 0 Å². The van der Waals surface area contributed by atoms with E-state index in [1.54, 1.807) is 23.7 Å². The van der Waals surface area contributed by atoms with Crippen molar-refractivity contribution in [3.05, 3.63) is 75.8 Å². The van der Waals surface area contributed by atoms with Crippen molar-refractivity contribution in [3.63, 3.8) is 0 Å². The highest BCUT2D eigenvalue weighted by atomic mass is 16.6. The number of aliphatic hydroxyl groups excluding tert-OH is 1. The number of hydrogen-bond donors (Lipinski definition) is 1. The Morgan fingerprint density at radius 2 is 2.15 bits per heavy atom. The highest BCUT2D eigenvalue weighted by molar-refractivity contribution is 5.84. The third-order valence-corrected chi connectivity index (χ3v) is 3.97. The summed E-state index contributed by atoms with van der Waals surface area (Å²) in [5.41, 5.74) is 2.07. The topological polar surface area (TPSA) is 117 Å². The summed E-state index contributed by atoms with van der Waals surface area (Å²) < 4.78 is 1.73. The van der Waals surface area contributed by atoms with Crippen molar-refractivity contribution in [1.82, 2.24) is 9.55 Å². The van der Waals surface area contributed by atoms with Crippen molar-refractivity contribution in [1.29, 1.82) is 5.26 Å². The Balaban J connectivity index is 1.87. The van der Waals surface area contributed by atoms with Crippen LogP contribution < -0.4 is 0 Å². The van der Waals surface area contributed by atoms with Gasteiger partial charge in [0.05, 0.1) is 22.5 Å². The van der Waals surface area contributed by atoms with Gasteiger partial charge in [0.2, 0.25) is 0 Å². The number of rotatable bonds is 5. The molecule has 1 heterocycles. The van der Waals surface area contributed by atoms with Crippen molar-refractivity contribution in [3.8, 4) is 6.07 Å². The molecule has 0 unspecified atom stereocenters. The number of non-ortho nitro benzene ring substituents is 1. The van der Waals surface area contributed by atoms with Gasteiger partial charge in [-0.25, -0.2) is 4.98 Å². The minimum absolute atomic E-state index is 0.0323. The molecule has 1 N–H and O–H groups in total. The van der Waals surface area contributed by atoms with Crippen LogP contribution in [-0.2, 0) is 7.05 Å². The fourth-order valence-electron chi connectivity index (χ4n) is 2.65. The molecule has 0 bridgehead atoms. The Kier molecular flexibility index (Phi) is 4.95. The number of nitrogens with zero attached hydrogens (tertiary/aromatic N) is 5. The summed E-state index contributed by atoms with van der Waals surface area (Å²) in [5, 5.41) is 30.6. The number of benzene rings is 2. The Labute approximate surface area is 154 Å². The van der Waals surface area contributed by atoms with Gasteiger partial charge in [0, 0.05) is 25.4 Å². The number of allylic oxidation sites excluding steroid dienone is 1. The van der Waals surface area contributed by atoms with Crippen LogP contribution in [0.15, 0.2) is 59.3 Å². The van der Waals surface area contributed by atoms with Crippen molar-refractivity contribution < 1.29 is 10.0 Å². The first-order valence-corrected chi connectivity index (χ1v) is 7.99. The molecule has 0 aliphatic rings. The van der Waals surface area contributed by atoms with Gasteiger partial charge in [-0.1, -0.05) is 24.3 Å². The summed E-state index contributed by atoms with van der Waals surface area (Å²) in [5.74, 6) is 0.124. The average Bonchev–Trinajstić information content (AvgIpc) is 2.99. The van der Waals surface area contributed by atoms with Crippen LogP contribution in [0.5, 0.6) is 0 Å². The van der Waals surface area contributed by atoms with Crippen LogP contribution in [0.25, 0.3) is 16.6 Å². The summed E-state index contributed by atoms with van der Waals surface area (Å²) >= 11 is 0. The summed E-state index contributed by atoms with van der Waals surface area (Å²) in [6.45, 7) is -0.144. The molecular weight excluding hydrogens is 346 g/mol. The van der Waals surface area contributed by atoms with Gasteiger partial charge in [0.25, 0.3) is 5.69 Å². The van der Waals surface area contributed by atoms with Crippen LogP contribution in [0, 0.1) is 21.4 Å². The molecule has 0 saturated carbocycles. The van der Waals surface area contributed by atoms with Gasteiger partial charge in [0.15, 0.2) is 5.82 Å². The number of nitriles is 1. The zero-order valence-corrected chi connectivity index (χ0v) is 14.4. The van der Waals surface area contributed by atoms with Crippen LogP contribution in [-0.4, -0.2) is 32.3 Å². The maximum atomic E-state index is 10.8. The normalized spacial score (nSPS) is 12.1. The van der Waals surface area contributed by atoms with E-state index < -0.39 is 4.92 Å². The zero-order valence-electron chi connectivity index (χ0n) is 14.4. The molecule has 0 spiro atoms. The molecule has 8 nitrogen and oxygen atoms in total. The predicted molar refractivity (Wildman–Crippen MR) is 101 cm³/mol. The van der Waals surface area contributed by atoms with E-state index in [0.717, 1.165) is 11.0 Å². The Bertz CT molecular complexity index is 1120. The summed E-state index contributed by atoms with van der Waals surface area (Å²) in [7, 11) is 1.77. The Morgan fingerprint density at radius 1 is 1.37 bits per heavy atom. The highest BCUT2D eigenvalue weighted by Crippen LogP contribution is 2.22. The van der Waals surface area contributed by atoms with E-state index in [1.807, 2.05) is 30.3 Å². The molecule has 0 fully saturated rings. The lowest BCUT2D eigenvalue weighted by Crippen LogP contribution is -2.01. The molecule has 27 heavy (non-hydrogen) atoms. The van der Waals surface area contributed by atoms with E-state index in [0.29, 0.717) is 11.4 Å². The van der Waals surface area contributed by atoms with E-state index in [9.17, 15) is 20.5 Å². The third kappa shape index (κ3) is 3.67. The zero-order chi connectivity index (χ0) is 19.4. The molecule has 0 aliphatic carbocycles. The van der Waals surface area contributed by atoms with Gasteiger partial charge in [-0.15, -0.1) is 0 Å². The molecule has 0 saturated heterocycles. The fraction of sp³-hybridized carbons (Fsp3) is 0.105. The molecular formula is C19H15N5O3. The second-order valence-corrected chi connectivity index (χ2v) is 5.74. The fourth-order valence-corrected chi connectivity index (χ4v) is 2.65. The SMILES string of the molecule is Cn1c(/C(C#N)=C(\O)CN=Cc2cccc([N+](=O)[O-])c2)nc2ccccc21. The quantitative estimate of drug-likeness (QED) is 0.246. The Hall–Kier alpha value is -3.99. The number of aliphatic hydroxyl groups is 1. The standard InChI is InChI=1S/C19H15N5O3/c1-23-17-8-3-2-7-16(17)22-19(23)15(10-20)18(25)12-21-11-13-5-4-6-14(9-13)24(26)27/h2-9,11,25H,12H2,1H3/b18-15-,21-11?. The smallest absolute Gasteiger partial charge is 0.270 e. The molecule has 1 aromatic heterocycles. The number of aromatic nitrogens is 2. The van der Waals surface area contributed by atoms with Crippen LogP contribution >= 0.6 is 0 Å². The monoisotopic (exact) mass is 361 g/mol. The van der Waals surface area contributed by atoms with Crippen molar-refractivity contribution in [2.24, 2.45) is 12.0 Å². The number of aliphatic imine (C=N–C) groups is 1. The van der Waals surface area contributed by atoms with E-state index in [2.05, 4.69) is 9.98 Å². The highest BCUT2D eigenvalue weighted by Gasteiger charge is 2.15. The lowest BCUT2D eigenvalue weighted by atomic mass is 10.2. The minimum Gasteiger partial charge on any atom is -0.509 e. The molecule has 8 heteroatoms. The molecule has 0 atom stereocenters. The van der Waals surface area contributed by atoms with Crippen molar-refractivity contribution >= 4 is 28.5 Å². The third-order valence-electron chi connectivity index (χ3n) is 3.97. The second kappa shape index (κ2) is 7.49. The number of para-hydroxylation sites is 2. The first-order valence-electron chi connectivity index (χ1n) is 7.99. The van der Waals surface area contributed by atoms with Gasteiger partial charge < -0.3 is 9.67 Å². The van der Waals surface area contributed by atoms with Crippen molar-refractivity contribution in [2.75, 3.05) is 6.54 Å². The Morgan fingerprint density at radius 3 is 2.85 bits per heavy atom. The number of hydrogen-bond acceptors (Lipinski definition) is 6.